The molecule has 1 N–H and O–H groups in total. The molecule has 7 heteroatoms. The highest BCUT2D eigenvalue weighted by Crippen LogP contribution is 2.20. The van der Waals surface area contributed by atoms with Crippen LogP contribution < -0.4 is 5.32 Å². The molecule has 0 saturated carbocycles. The molecule has 2 aromatic rings. The summed E-state index contributed by atoms with van der Waals surface area (Å²) in [4.78, 5) is 14.7. The van der Waals surface area contributed by atoms with E-state index in [0.29, 0.717) is 12.2 Å². The van der Waals surface area contributed by atoms with Gasteiger partial charge < -0.3 is 9.73 Å². The third-order valence-electron chi connectivity index (χ3n) is 4.21. The molecule has 1 atom stereocenters. The van der Waals surface area contributed by atoms with Gasteiger partial charge >= 0.3 is 0 Å². The van der Waals surface area contributed by atoms with Crippen molar-refractivity contribution >= 4 is 5.91 Å². The number of carbonyl (C=O) groups is 1. The molecule has 0 fully saturated rings. The molecule has 2 rings (SSSR count). The van der Waals surface area contributed by atoms with Crippen LogP contribution in [0.15, 0.2) is 22.8 Å². The van der Waals surface area contributed by atoms with Gasteiger partial charge in [-0.2, -0.15) is 0 Å². The lowest BCUT2D eigenvalue weighted by molar-refractivity contribution is 0.0924. The van der Waals surface area contributed by atoms with Crippen molar-refractivity contribution in [2.24, 2.45) is 0 Å². The van der Waals surface area contributed by atoms with E-state index >= 15 is 0 Å². The van der Waals surface area contributed by atoms with Gasteiger partial charge in [-0.25, -0.2) is 4.68 Å². The highest BCUT2D eigenvalue weighted by molar-refractivity contribution is 5.93. The van der Waals surface area contributed by atoms with Crippen LogP contribution >= 0.6 is 0 Å². The molecule has 0 saturated heterocycles. The smallest absolute Gasteiger partial charge is 0.273 e. The molecule has 0 aliphatic rings. The predicted octanol–water partition coefficient (Wildman–Crippen LogP) is 2.57. The van der Waals surface area contributed by atoms with Gasteiger partial charge in [0.2, 0.25) is 0 Å². The van der Waals surface area contributed by atoms with Crippen LogP contribution in [0.4, 0.5) is 0 Å². The van der Waals surface area contributed by atoms with Gasteiger partial charge in [0.25, 0.3) is 5.91 Å². The second-order valence-corrected chi connectivity index (χ2v) is 6.02. The SMILES string of the molecule is CCN(CC)C(CNC(=O)c1nnn(C(C)C)c1C)c1ccco1. The summed E-state index contributed by atoms with van der Waals surface area (Å²) in [6.45, 7) is 12.3. The Morgan fingerprint density at radius 2 is 2.08 bits per heavy atom. The fraction of sp³-hybridized carbons (Fsp3) is 0.588. The first-order chi connectivity index (χ1) is 11.5. The number of hydrogen-bond acceptors (Lipinski definition) is 5. The van der Waals surface area contributed by atoms with Crippen LogP contribution in [0.3, 0.4) is 0 Å². The first-order valence-electron chi connectivity index (χ1n) is 8.46. The molecule has 0 aliphatic heterocycles. The van der Waals surface area contributed by atoms with Gasteiger partial charge in [0.1, 0.15) is 5.76 Å². The number of furan rings is 1. The normalized spacial score (nSPS) is 12.8. The Hall–Kier alpha value is -2.15. The molecule has 0 radical (unpaired) electrons. The second-order valence-electron chi connectivity index (χ2n) is 6.02. The van der Waals surface area contributed by atoms with Crippen LogP contribution in [0.1, 0.15) is 61.7 Å². The highest BCUT2D eigenvalue weighted by Gasteiger charge is 2.23. The van der Waals surface area contributed by atoms with Gasteiger partial charge in [0.15, 0.2) is 5.69 Å². The van der Waals surface area contributed by atoms with E-state index in [9.17, 15) is 4.79 Å². The summed E-state index contributed by atoms with van der Waals surface area (Å²) in [6, 6.07) is 3.98. The van der Waals surface area contributed by atoms with E-state index in [4.69, 9.17) is 4.42 Å². The summed E-state index contributed by atoms with van der Waals surface area (Å²) in [5.41, 5.74) is 1.15. The number of aromatic nitrogens is 3. The Morgan fingerprint density at radius 1 is 1.38 bits per heavy atom. The van der Waals surface area contributed by atoms with Crippen LogP contribution in [0, 0.1) is 6.92 Å². The van der Waals surface area contributed by atoms with Crippen molar-refractivity contribution in [3.63, 3.8) is 0 Å². The zero-order valence-electron chi connectivity index (χ0n) is 15.1. The average Bonchev–Trinajstić information content (AvgIpc) is 3.20. The third-order valence-corrected chi connectivity index (χ3v) is 4.21. The van der Waals surface area contributed by atoms with Gasteiger partial charge in [-0.3, -0.25) is 9.69 Å². The summed E-state index contributed by atoms with van der Waals surface area (Å²) in [5, 5.41) is 11.1. The highest BCUT2D eigenvalue weighted by atomic mass is 16.3. The number of nitrogens with one attached hydrogen (secondary N) is 1. The minimum atomic E-state index is -0.205. The summed E-state index contributed by atoms with van der Waals surface area (Å²) in [7, 11) is 0. The Kier molecular flexibility index (Phi) is 6.14. The second kappa shape index (κ2) is 8.10. The molecule has 1 unspecified atom stereocenters. The fourth-order valence-electron chi connectivity index (χ4n) is 2.87. The van der Waals surface area contributed by atoms with E-state index in [0.717, 1.165) is 24.5 Å². The molecule has 24 heavy (non-hydrogen) atoms. The molecular weight excluding hydrogens is 306 g/mol. The minimum absolute atomic E-state index is 0.000556. The standard InChI is InChI=1S/C17H27N5O2/c1-6-21(7-2)14(15-9-8-10-24-15)11-18-17(23)16-13(5)22(12(3)4)20-19-16/h8-10,12,14H,6-7,11H2,1-5H3,(H,18,23). The maximum atomic E-state index is 12.5. The van der Waals surface area contributed by atoms with Crippen molar-refractivity contribution in [1.29, 1.82) is 0 Å². The lowest BCUT2D eigenvalue weighted by atomic mass is 10.1. The topological polar surface area (TPSA) is 76.2 Å². The van der Waals surface area contributed by atoms with E-state index in [1.165, 1.54) is 0 Å². The minimum Gasteiger partial charge on any atom is -0.468 e. The van der Waals surface area contributed by atoms with Crippen molar-refractivity contribution in [3.05, 3.63) is 35.5 Å². The van der Waals surface area contributed by atoms with Gasteiger partial charge in [-0.1, -0.05) is 19.1 Å². The summed E-state index contributed by atoms with van der Waals surface area (Å²) in [5.74, 6) is 0.643. The Balaban J connectivity index is 2.10. The van der Waals surface area contributed by atoms with Crippen molar-refractivity contribution in [1.82, 2.24) is 25.2 Å². The van der Waals surface area contributed by atoms with E-state index in [-0.39, 0.29) is 18.0 Å². The maximum Gasteiger partial charge on any atom is 0.273 e. The molecule has 1 amide bonds. The third kappa shape index (κ3) is 3.84. The van der Waals surface area contributed by atoms with E-state index in [1.807, 2.05) is 32.9 Å². The molecule has 132 valence electrons. The molecule has 0 aromatic carbocycles. The molecule has 7 nitrogen and oxygen atoms in total. The van der Waals surface area contributed by atoms with Gasteiger partial charge in [-0.05, 0) is 46.0 Å². The fourth-order valence-corrected chi connectivity index (χ4v) is 2.87. The predicted molar refractivity (Wildman–Crippen MR) is 91.8 cm³/mol. The summed E-state index contributed by atoms with van der Waals surface area (Å²) >= 11 is 0. The first kappa shape index (κ1) is 18.2. The van der Waals surface area contributed by atoms with Gasteiger partial charge in [0.05, 0.1) is 18.0 Å². The van der Waals surface area contributed by atoms with Crippen molar-refractivity contribution < 1.29 is 9.21 Å². The average molecular weight is 333 g/mol. The number of carbonyl (C=O) groups excluding carboxylic acids is 1. The first-order valence-corrected chi connectivity index (χ1v) is 8.46. The summed E-state index contributed by atoms with van der Waals surface area (Å²) in [6.07, 6.45) is 1.66. The van der Waals surface area contributed by atoms with Crippen LogP contribution in [0.5, 0.6) is 0 Å². The van der Waals surface area contributed by atoms with Crippen LogP contribution in [-0.4, -0.2) is 45.4 Å². The molecule has 2 aromatic heterocycles. The van der Waals surface area contributed by atoms with Crippen LogP contribution in [-0.2, 0) is 0 Å². The molecule has 2 heterocycles. The number of likely N-dealkylation sites (N-methyl/N-ethyl adjacent to an activating group) is 1. The molecular formula is C17H27N5O2. The number of nitrogens with zero attached hydrogens (tertiary/aromatic N) is 4. The number of amides is 1. The van der Waals surface area contributed by atoms with E-state index in [2.05, 4.69) is 34.4 Å². The van der Waals surface area contributed by atoms with Crippen LogP contribution in [0.25, 0.3) is 0 Å². The van der Waals surface area contributed by atoms with Gasteiger partial charge in [0, 0.05) is 12.6 Å². The zero-order chi connectivity index (χ0) is 17.7. The Bertz CT molecular complexity index is 644. The maximum absolute atomic E-state index is 12.5. The monoisotopic (exact) mass is 333 g/mol. The van der Waals surface area contributed by atoms with Crippen molar-refractivity contribution in [2.75, 3.05) is 19.6 Å². The quantitative estimate of drug-likeness (QED) is 0.803. The number of rotatable bonds is 8. The van der Waals surface area contributed by atoms with Crippen molar-refractivity contribution in [2.45, 2.75) is 46.7 Å². The lowest BCUT2D eigenvalue weighted by Gasteiger charge is -2.28. The summed E-state index contributed by atoms with van der Waals surface area (Å²) < 4.78 is 7.31. The van der Waals surface area contributed by atoms with Crippen molar-refractivity contribution in [3.8, 4) is 0 Å². The number of hydrogen-bond donors (Lipinski definition) is 1. The molecule has 0 spiro atoms. The largest absolute Gasteiger partial charge is 0.468 e. The molecule has 0 aliphatic carbocycles. The lowest BCUT2D eigenvalue weighted by Crippen LogP contribution is -2.38. The zero-order valence-corrected chi connectivity index (χ0v) is 15.1. The Labute approximate surface area is 143 Å². The van der Waals surface area contributed by atoms with E-state index in [1.54, 1.807) is 10.9 Å². The van der Waals surface area contributed by atoms with E-state index < -0.39 is 0 Å². The van der Waals surface area contributed by atoms with Gasteiger partial charge in [-0.15, -0.1) is 5.10 Å². The van der Waals surface area contributed by atoms with Crippen LogP contribution in [0.2, 0.25) is 0 Å². The molecule has 0 bridgehead atoms. The Morgan fingerprint density at radius 3 is 2.58 bits per heavy atom.